The molecule has 0 rings (SSSR count). The maximum atomic E-state index is 5.27. The number of hydrogen-bond acceptors (Lipinski definition) is 1. The van der Waals surface area contributed by atoms with Gasteiger partial charge in [-0.25, -0.2) is 0 Å². The molecule has 0 bridgehead atoms. The van der Waals surface area contributed by atoms with Crippen LogP contribution in [0, 0.1) is 11.5 Å². The minimum atomic E-state index is -1.11. The summed E-state index contributed by atoms with van der Waals surface area (Å²) in [4.78, 5) is 0. The molecule has 9 heavy (non-hydrogen) atoms. The summed E-state index contributed by atoms with van der Waals surface area (Å²) >= 11 is 0. The van der Waals surface area contributed by atoms with Gasteiger partial charge in [0.25, 0.3) is 0 Å². The van der Waals surface area contributed by atoms with Crippen molar-refractivity contribution in [1.29, 1.82) is 0 Å². The van der Waals surface area contributed by atoms with Gasteiger partial charge in [-0.1, -0.05) is 19.6 Å². The van der Waals surface area contributed by atoms with E-state index in [1.807, 2.05) is 0 Å². The second-order valence-corrected chi connectivity index (χ2v) is 7.84. The highest BCUT2D eigenvalue weighted by molar-refractivity contribution is 6.83. The highest BCUT2D eigenvalue weighted by Crippen LogP contribution is 1.95. The zero-order chi connectivity index (χ0) is 7.33. The molecule has 0 aromatic carbocycles. The van der Waals surface area contributed by atoms with Crippen LogP contribution in [0.25, 0.3) is 0 Å². The first-order chi connectivity index (χ1) is 4.06. The van der Waals surface area contributed by atoms with Crippen LogP contribution in [0.2, 0.25) is 19.6 Å². The lowest BCUT2D eigenvalue weighted by Crippen LogP contribution is -2.16. The van der Waals surface area contributed by atoms with Gasteiger partial charge in [0, 0.05) is 13.0 Å². The van der Waals surface area contributed by atoms with Crippen molar-refractivity contribution in [2.24, 2.45) is 5.73 Å². The molecule has 0 aromatic rings. The molecule has 1 nitrogen and oxygen atoms in total. The van der Waals surface area contributed by atoms with E-state index >= 15 is 0 Å². The van der Waals surface area contributed by atoms with E-state index in [4.69, 9.17) is 5.73 Å². The van der Waals surface area contributed by atoms with Crippen molar-refractivity contribution in [3.63, 3.8) is 0 Å². The van der Waals surface area contributed by atoms with Gasteiger partial charge < -0.3 is 5.73 Å². The van der Waals surface area contributed by atoms with E-state index in [1.54, 1.807) is 0 Å². The molecule has 0 fully saturated rings. The summed E-state index contributed by atoms with van der Waals surface area (Å²) in [7, 11) is -1.11. The van der Waals surface area contributed by atoms with Crippen molar-refractivity contribution < 1.29 is 0 Å². The van der Waals surface area contributed by atoms with Crippen molar-refractivity contribution in [2.45, 2.75) is 26.1 Å². The molecule has 0 unspecified atom stereocenters. The Morgan fingerprint density at radius 2 is 1.89 bits per heavy atom. The molecule has 0 aliphatic heterocycles. The van der Waals surface area contributed by atoms with Crippen LogP contribution in [0.5, 0.6) is 0 Å². The minimum absolute atomic E-state index is 0.692. The summed E-state index contributed by atoms with van der Waals surface area (Å²) in [6.45, 7) is 7.39. The van der Waals surface area contributed by atoms with Gasteiger partial charge in [0.2, 0.25) is 0 Å². The highest BCUT2D eigenvalue weighted by Gasteiger charge is 2.06. The van der Waals surface area contributed by atoms with Crippen molar-refractivity contribution in [2.75, 3.05) is 6.54 Å². The van der Waals surface area contributed by atoms with Crippen molar-refractivity contribution in [3.8, 4) is 11.5 Å². The summed E-state index contributed by atoms with van der Waals surface area (Å²) in [5.41, 5.74) is 8.50. The summed E-state index contributed by atoms with van der Waals surface area (Å²) in [6, 6.07) is 0. The van der Waals surface area contributed by atoms with Crippen molar-refractivity contribution in [1.82, 2.24) is 0 Å². The van der Waals surface area contributed by atoms with E-state index in [2.05, 4.69) is 31.1 Å². The van der Waals surface area contributed by atoms with Crippen molar-refractivity contribution in [3.05, 3.63) is 0 Å². The number of nitrogens with two attached hydrogens (primary N) is 1. The molecule has 0 aliphatic rings. The summed E-state index contributed by atoms with van der Waals surface area (Å²) in [5.74, 6) is 3.06. The Bertz CT molecular complexity index is 124. The predicted octanol–water partition coefficient (Wildman–Crippen LogP) is 1.22. The van der Waals surface area contributed by atoms with E-state index in [0.717, 1.165) is 6.42 Å². The van der Waals surface area contributed by atoms with Gasteiger partial charge in [-0.2, -0.15) is 0 Å². The average Bonchev–Trinajstić information content (AvgIpc) is 1.63. The monoisotopic (exact) mass is 141 g/mol. The fourth-order valence-corrected chi connectivity index (χ4v) is 1.06. The van der Waals surface area contributed by atoms with Gasteiger partial charge in [0.1, 0.15) is 8.07 Å². The lowest BCUT2D eigenvalue weighted by atomic mass is 10.5. The molecule has 0 saturated carbocycles. The van der Waals surface area contributed by atoms with Gasteiger partial charge >= 0.3 is 0 Å². The normalized spacial score (nSPS) is 10.2. The summed E-state index contributed by atoms with van der Waals surface area (Å²) in [6.07, 6.45) is 0.851. The molecule has 0 saturated heterocycles. The van der Waals surface area contributed by atoms with Crippen LogP contribution in [0.3, 0.4) is 0 Å². The lowest BCUT2D eigenvalue weighted by Gasteiger charge is -2.02. The number of rotatable bonds is 1. The third kappa shape index (κ3) is 7.74. The third-order valence-corrected chi connectivity index (χ3v) is 1.66. The van der Waals surface area contributed by atoms with Crippen LogP contribution in [0.15, 0.2) is 0 Å². The molecule has 0 aliphatic carbocycles. The van der Waals surface area contributed by atoms with Crippen LogP contribution in [-0.2, 0) is 0 Å². The molecule has 0 radical (unpaired) electrons. The first-order valence-corrected chi connectivity index (χ1v) is 6.76. The Balaban J connectivity index is 3.59. The first-order valence-electron chi connectivity index (χ1n) is 3.26. The molecular weight excluding hydrogens is 126 g/mol. The average molecular weight is 141 g/mol. The zero-order valence-corrected chi connectivity index (χ0v) is 7.49. The zero-order valence-electron chi connectivity index (χ0n) is 6.49. The van der Waals surface area contributed by atoms with Crippen LogP contribution in [0.1, 0.15) is 6.42 Å². The molecule has 0 aromatic heterocycles. The summed E-state index contributed by atoms with van der Waals surface area (Å²) < 4.78 is 0. The number of hydrogen-bond donors (Lipinski definition) is 1. The van der Waals surface area contributed by atoms with Crippen LogP contribution < -0.4 is 5.73 Å². The predicted molar refractivity (Wildman–Crippen MR) is 44.8 cm³/mol. The molecule has 0 spiro atoms. The second-order valence-electron chi connectivity index (χ2n) is 3.09. The Morgan fingerprint density at radius 1 is 1.33 bits per heavy atom. The van der Waals surface area contributed by atoms with E-state index in [9.17, 15) is 0 Å². The van der Waals surface area contributed by atoms with Crippen molar-refractivity contribution >= 4 is 8.07 Å². The largest absolute Gasteiger partial charge is 0.330 e. The molecule has 2 heteroatoms. The molecular formula is C7H15NSi. The first kappa shape index (κ1) is 8.74. The molecule has 0 heterocycles. The SMILES string of the molecule is C[Si](C)(C)C#CCCN. The second kappa shape index (κ2) is 3.70. The summed E-state index contributed by atoms with van der Waals surface area (Å²) in [5, 5.41) is 0. The van der Waals surface area contributed by atoms with Gasteiger partial charge in [0.05, 0.1) is 0 Å². The van der Waals surface area contributed by atoms with Gasteiger partial charge in [-0.05, 0) is 0 Å². The van der Waals surface area contributed by atoms with Crippen LogP contribution in [-0.4, -0.2) is 14.6 Å². The highest BCUT2D eigenvalue weighted by atomic mass is 28.3. The van der Waals surface area contributed by atoms with Gasteiger partial charge in [0.15, 0.2) is 0 Å². The maximum absolute atomic E-state index is 5.27. The molecule has 52 valence electrons. The Kier molecular flexibility index (Phi) is 3.60. The standard InChI is InChI=1S/C7H15NSi/c1-9(2,3)7-5-4-6-8/h4,6,8H2,1-3H3. The molecule has 2 N–H and O–H groups in total. The molecule has 0 amide bonds. The van der Waals surface area contributed by atoms with Gasteiger partial charge in [-0.15, -0.1) is 11.5 Å². The fourth-order valence-electron chi connectivity index (χ4n) is 0.400. The van der Waals surface area contributed by atoms with Crippen LogP contribution in [0.4, 0.5) is 0 Å². The van der Waals surface area contributed by atoms with Gasteiger partial charge in [-0.3, -0.25) is 0 Å². The van der Waals surface area contributed by atoms with Crippen LogP contribution >= 0.6 is 0 Å². The third-order valence-electron chi connectivity index (χ3n) is 0.733. The Labute approximate surface area is 58.6 Å². The van der Waals surface area contributed by atoms with E-state index in [1.165, 1.54) is 0 Å². The fraction of sp³-hybridized carbons (Fsp3) is 0.714. The maximum Gasteiger partial charge on any atom is 0.129 e. The Hall–Kier alpha value is -0.263. The van der Waals surface area contributed by atoms with E-state index in [0.29, 0.717) is 6.54 Å². The smallest absolute Gasteiger partial charge is 0.129 e. The quantitative estimate of drug-likeness (QED) is 0.431. The van der Waals surface area contributed by atoms with E-state index in [-0.39, 0.29) is 0 Å². The lowest BCUT2D eigenvalue weighted by molar-refractivity contribution is 1.03. The molecule has 0 atom stereocenters. The van der Waals surface area contributed by atoms with E-state index < -0.39 is 8.07 Å². The minimum Gasteiger partial charge on any atom is -0.330 e. The Morgan fingerprint density at radius 3 is 2.22 bits per heavy atom. The topological polar surface area (TPSA) is 26.0 Å².